The maximum atomic E-state index is 10.8. The molecule has 1 aliphatic heterocycles. The van der Waals surface area contributed by atoms with Gasteiger partial charge in [-0.1, -0.05) is 19.8 Å². The Morgan fingerprint density at radius 3 is 3.00 bits per heavy atom. The summed E-state index contributed by atoms with van der Waals surface area (Å²) in [6, 6.07) is 0. The number of nitrogens with zero attached hydrogens (tertiary/aromatic N) is 1. The lowest BCUT2D eigenvalue weighted by atomic mass is 10.2. The van der Waals surface area contributed by atoms with E-state index < -0.39 is 0 Å². The standard InChI is InChI=1S/C9H16N2OS/c1-2-3-4-5-11-6-8(7-13-11)9(10)12/h7H,2-6H2,1H3,(H2,10,12). The average Bonchev–Trinajstić information content (AvgIpc) is 2.53. The number of unbranched alkanes of at least 4 members (excludes halogenated alkanes) is 2. The first-order valence-corrected chi connectivity index (χ1v) is 5.48. The molecule has 0 bridgehead atoms. The van der Waals surface area contributed by atoms with Gasteiger partial charge in [0, 0.05) is 18.7 Å². The zero-order valence-corrected chi connectivity index (χ0v) is 8.77. The number of carbonyl (C=O) groups excluding carboxylic acids is 1. The Morgan fingerprint density at radius 1 is 1.69 bits per heavy atom. The predicted octanol–water partition coefficient (Wildman–Crippen LogP) is 1.51. The number of carbonyl (C=O) groups is 1. The third kappa shape index (κ3) is 3.40. The van der Waals surface area contributed by atoms with Crippen LogP contribution in [0.1, 0.15) is 26.2 Å². The van der Waals surface area contributed by atoms with Crippen molar-refractivity contribution in [2.45, 2.75) is 26.2 Å². The molecule has 0 saturated carbocycles. The highest BCUT2D eigenvalue weighted by atomic mass is 32.2. The molecule has 0 spiro atoms. The summed E-state index contributed by atoms with van der Waals surface area (Å²) in [5.41, 5.74) is 5.91. The van der Waals surface area contributed by atoms with E-state index in [0.29, 0.717) is 6.54 Å². The van der Waals surface area contributed by atoms with Crippen molar-refractivity contribution in [1.82, 2.24) is 4.31 Å². The van der Waals surface area contributed by atoms with Crippen LogP contribution < -0.4 is 5.73 Å². The van der Waals surface area contributed by atoms with E-state index >= 15 is 0 Å². The second-order valence-electron chi connectivity index (χ2n) is 3.18. The minimum atomic E-state index is -0.287. The largest absolute Gasteiger partial charge is 0.366 e. The average molecular weight is 200 g/mol. The van der Waals surface area contributed by atoms with E-state index in [0.717, 1.165) is 12.1 Å². The van der Waals surface area contributed by atoms with Crippen molar-refractivity contribution in [2.24, 2.45) is 5.73 Å². The van der Waals surface area contributed by atoms with Crippen LogP contribution in [0.2, 0.25) is 0 Å². The summed E-state index contributed by atoms with van der Waals surface area (Å²) in [5.74, 6) is -0.287. The molecule has 13 heavy (non-hydrogen) atoms. The fourth-order valence-electron chi connectivity index (χ4n) is 1.21. The Bertz CT molecular complexity index is 216. The van der Waals surface area contributed by atoms with Gasteiger partial charge in [0.05, 0.1) is 0 Å². The molecule has 2 N–H and O–H groups in total. The van der Waals surface area contributed by atoms with Crippen LogP contribution >= 0.6 is 11.9 Å². The predicted molar refractivity (Wildman–Crippen MR) is 56.0 cm³/mol. The molecule has 0 saturated heterocycles. The Kier molecular flexibility index (Phi) is 4.32. The van der Waals surface area contributed by atoms with Crippen molar-refractivity contribution < 1.29 is 4.79 Å². The minimum absolute atomic E-state index is 0.287. The molecule has 0 radical (unpaired) electrons. The van der Waals surface area contributed by atoms with E-state index in [9.17, 15) is 4.79 Å². The second kappa shape index (κ2) is 5.29. The van der Waals surface area contributed by atoms with Crippen molar-refractivity contribution in [3.05, 3.63) is 11.0 Å². The van der Waals surface area contributed by atoms with E-state index in [4.69, 9.17) is 5.73 Å². The Hall–Kier alpha value is -0.480. The molecule has 0 unspecified atom stereocenters. The number of nitrogens with two attached hydrogens (primary N) is 1. The van der Waals surface area contributed by atoms with E-state index in [1.54, 1.807) is 11.9 Å². The highest BCUT2D eigenvalue weighted by Gasteiger charge is 2.17. The lowest BCUT2D eigenvalue weighted by Gasteiger charge is -2.12. The number of rotatable bonds is 5. The van der Waals surface area contributed by atoms with Crippen molar-refractivity contribution in [2.75, 3.05) is 13.1 Å². The van der Waals surface area contributed by atoms with Gasteiger partial charge in [-0.3, -0.25) is 4.79 Å². The quantitative estimate of drug-likeness (QED) is 0.540. The Balaban J connectivity index is 2.18. The number of hydrogen-bond acceptors (Lipinski definition) is 3. The summed E-state index contributed by atoms with van der Waals surface area (Å²) in [6.07, 6.45) is 3.68. The van der Waals surface area contributed by atoms with Crippen LogP contribution in [0.3, 0.4) is 0 Å². The molecular weight excluding hydrogens is 184 g/mol. The van der Waals surface area contributed by atoms with Gasteiger partial charge >= 0.3 is 0 Å². The van der Waals surface area contributed by atoms with Crippen molar-refractivity contribution in [3.8, 4) is 0 Å². The smallest absolute Gasteiger partial charge is 0.246 e. The topological polar surface area (TPSA) is 46.3 Å². The molecule has 3 nitrogen and oxygen atoms in total. The third-order valence-corrected chi connectivity index (χ3v) is 3.02. The number of amides is 1. The fourth-order valence-corrected chi connectivity index (χ4v) is 2.12. The summed E-state index contributed by atoms with van der Waals surface area (Å²) in [5, 5.41) is 1.86. The number of hydrogen-bond donors (Lipinski definition) is 1. The molecular formula is C9H16N2OS. The first-order valence-electron chi connectivity index (χ1n) is 4.64. The lowest BCUT2D eigenvalue weighted by Crippen LogP contribution is -2.21. The maximum absolute atomic E-state index is 10.8. The SMILES string of the molecule is CCCCCN1CC(C(N)=O)=CS1. The van der Waals surface area contributed by atoms with E-state index in [1.807, 2.05) is 5.41 Å². The highest BCUT2D eigenvalue weighted by molar-refractivity contribution is 8.00. The molecule has 1 rings (SSSR count). The summed E-state index contributed by atoms with van der Waals surface area (Å²) in [7, 11) is 0. The van der Waals surface area contributed by atoms with Crippen LogP contribution in [-0.2, 0) is 4.79 Å². The Labute approximate surface area is 83.5 Å². The van der Waals surface area contributed by atoms with Crippen LogP contribution in [0.5, 0.6) is 0 Å². The maximum Gasteiger partial charge on any atom is 0.246 e. The van der Waals surface area contributed by atoms with Gasteiger partial charge in [-0.05, 0) is 23.8 Å². The van der Waals surface area contributed by atoms with E-state index in [-0.39, 0.29) is 5.91 Å². The number of primary amides is 1. The minimum Gasteiger partial charge on any atom is -0.366 e. The van der Waals surface area contributed by atoms with Crippen LogP contribution in [0.25, 0.3) is 0 Å². The van der Waals surface area contributed by atoms with Crippen LogP contribution in [-0.4, -0.2) is 23.3 Å². The van der Waals surface area contributed by atoms with Gasteiger partial charge < -0.3 is 5.73 Å². The normalized spacial score (nSPS) is 17.5. The summed E-state index contributed by atoms with van der Waals surface area (Å²) >= 11 is 1.60. The van der Waals surface area contributed by atoms with Crippen LogP contribution in [0, 0.1) is 0 Å². The Morgan fingerprint density at radius 2 is 2.46 bits per heavy atom. The summed E-state index contributed by atoms with van der Waals surface area (Å²) in [4.78, 5) is 10.8. The molecule has 0 atom stereocenters. The molecule has 74 valence electrons. The van der Waals surface area contributed by atoms with E-state index in [2.05, 4.69) is 11.2 Å². The third-order valence-electron chi connectivity index (χ3n) is 2.02. The molecule has 4 heteroatoms. The van der Waals surface area contributed by atoms with Gasteiger partial charge in [-0.2, -0.15) is 0 Å². The molecule has 0 fully saturated rings. The van der Waals surface area contributed by atoms with Gasteiger partial charge in [0.15, 0.2) is 0 Å². The van der Waals surface area contributed by atoms with E-state index in [1.165, 1.54) is 19.3 Å². The highest BCUT2D eigenvalue weighted by Crippen LogP contribution is 2.23. The summed E-state index contributed by atoms with van der Waals surface area (Å²) in [6.45, 7) is 3.94. The van der Waals surface area contributed by atoms with Crippen molar-refractivity contribution >= 4 is 17.9 Å². The van der Waals surface area contributed by atoms with Crippen molar-refractivity contribution in [1.29, 1.82) is 0 Å². The van der Waals surface area contributed by atoms with Gasteiger partial charge in [0.2, 0.25) is 5.91 Å². The van der Waals surface area contributed by atoms with Gasteiger partial charge in [0.1, 0.15) is 0 Å². The van der Waals surface area contributed by atoms with Crippen LogP contribution in [0.4, 0.5) is 0 Å². The molecule has 1 amide bonds. The first-order chi connectivity index (χ1) is 6.24. The molecule has 0 aromatic carbocycles. The zero-order valence-electron chi connectivity index (χ0n) is 7.95. The molecule has 0 aromatic rings. The molecule has 1 heterocycles. The lowest BCUT2D eigenvalue weighted by molar-refractivity contribution is -0.114. The van der Waals surface area contributed by atoms with Gasteiger partial charge in [-0.15, -0.1) is 0 Å². The molecule has 0 aromatic heterocycles. The van der Waals surface area contributed by atoms with Gasteiger partial charge in [-0.25, -0.2) is 4.31 Å². The first kappa shape index (κ1) is 10.6. The van der Waals surface area contributed by atoms with Crippen molar-refractivity contribution in [3.63, 3.8) is 0 Å². The second-order valence-corrected chi connectivity index (χ2v) is 4.15. The summed E-state index contributed by atoms with van der Waals surface area (Å²) < 4.78 is 2.18. The monoisotopic (exact) mass is 200 g/mol. The molecule has 0 aliphatic carbocycles. The zero-order chi connectivity index (χ0) is 9.68. The van der Waals surface area contributed by atoms with Gasteiger partial charge in [0.25, 0.3) is 0 Å². The molecule has 1 aliphatic rings. The fraction of sp³-hybridized carbons (Fsp3) is 0.667. The van der Waals surface area contributed by atoms with Crippen LogP contribution in [0.15, 0.2) is 11.0 Å².